The number of para-hydroxylation sites is 1. The summed E-state index contributed by atoms with van der Waals surface area (Å²) in [4.78, 5) is 19.7. The molecule has 5 heteroatoms. The van der Waals surface area contributed by atoms with Gasteiger partial charge in [-0.05, 0) is 35.9 Å². The van der Waals surface area contributed by atoms with Crippen molar-refractivity contribution in [1.82, 2.24) is 9.97 Å². The van der Waals surface area contributed by atoms with E-state index in [1.165, 1.54) is 0 Å². The average molecular weight is 328 g/mol. The van der Waals surface area contributed by atoms with Crippen LogP contribution >= 0.6 is 0 Å². The topological polar surface area (TPSA) is 83.8 Å². The van der Waals surface area contributed by atoms with Crippen LogP contribution in [-0.4, -0.2) is 9.97 Å². The van der Waals surface area contributed by atoms with Crippen LogP contribution in [0.2, 0.25) is 0 Å². The number of H-pyrrole nitrogens is 1. The average Bonchev–Trinajstić information content (AvgIpc) is 2.64. The fraction of sp³-hybridized carbons (Fsp3) is 0. The Morgan fingerprint density at radius 3 is 2.48 bits per heavy atom. The number of nitrogen functional groups attached to an aromatic ring is 1. The molecular weight excluding hydrogens is 312 g/mol. The summed E-state index contributed by atoms with van der Waals surface area (Å²) in [6, 6.07) is 19.1. The van der Waals surface area contributed by atoms with E-state index in [9.17, 15) is 4.79 Å². The van der Waals surface area contributed by atoms with Crippen molar-refractivity contribution in [3.8, 4) is 11.1 Å². The molecule has 2 heterocycles. The molecule has 0 aliphatic rings. The minimum atomic E-state index is -0.180. The minimum Gasteiger partial charge on any atom is -0.399 e. The maximum atomic E-state index is 12.5. The van der Waals surface area contributed by atoms with Gasteiger partial charge in [0.25, 0.3) is 5.56 Å². The smallest absolute Gasteiger partial charge is 0.259 e. The molecule has 0 spiro atoms. The Hall–Kier alpha value is -3.60. The van der Waals surface area contributed by atoms with Crippen molar-refractivity contribution in [3.05, 3.63) is 83.4 Å². The SMILES string of the molecule is Nc1ccc(-c2cnc(Nc3ccccc3)c3c(=O)[nH]ccc23)cc1. The quantitative estimate of drug-likeness (QED) is 0.498. The molecule has 0 amide bonds. The molecule has 2 aromatic carbocycles. The highest BCUT2D eigenvalue weighted by atomic mass is 16.1. The summed E-state index contributed by atoms with van der Waals surface area (Å²) in [5.41, 5.74) is 9.01. The number of hydrogen-bond acceptors (Lipinski definition) is 4. The highest BCUT2D eigenvalue weighted by Gasteiger charge is 2.12. The fourth-order valence-corrected chi connectivity index (χ4v) is 2.85. The molecule has 25 heavy (non-hydrogen) atoms. The van der Waals surface area contributed by atoms with Crippen molar-refractivity contribution in [2.24, 2.45) is 0 Å². The summed E-state index contributed by atoms with van der Waals surface area (Å²) in [7, 11) is 0. The highest BCUT2D eigenvalue weighted by molar-refractivity contribution is 6.01. The third-order valence-electron chi connectivity index (χ3n) is 4.07. The Balaban J connectivity index is 1.91. The van der Waals surface area contributed by atoms with Gasteiger partial charge >= 0.3 is 0 Å². The van der Waals surface area contributed by atoms with Gasteiger partial charge in [-0.2, -0.15) is 0 Å². The molecule has 0 fully saturated rings. The van der Waals surface area contributed by atoms with Crippen molar-refractivity contribution >= 4 is 28.0 Å². The van der Waals surface area contributed by atoms with Crippen LogP contribution in [0.3, 0.4) is 0 Å². The van der Waals surface area contributed by atoms with E-state index in [-0.39, 0.29) is 5.56 Å². The van der Waals surface area contributed by atoms with Crippen molar-refractivity contribution in [1.29, 1.82) is 0 Å². The van der Waals surface area contributed by atoms with E-state index in [0.29, 0.717) is 16.9 Å². The summed E-state index contributed by atoms with van der Waals surface area (Å²) in [5, 5.41) is 4.59. The van der Waals surface area contributed by atoms with Gasteiger partial charge in [-0.1, -0.05) is 30.3 Å². The maximum Gasteiger partial charge on any atom is 0.259 e. The summed E-state index contributed by atoms with van der Waals surface area (Å²) in [6.45, 7) is 0. The number of benzene rings is 2. The van der Waals surface area contributed by atoms with Gasteiger partial charge in [-0.3, -0.25) is 4.79 Å². The zero-order valence-corrected chi connectivity index (χ0v) is 13.4. The first kappa shape index (κ1) is 15.0. The number of nitrogens with two attached hydrogens (primary N) is 1. The predicted molar refractivity (Wildman–Crippen MR) is 102 cm³/mol. The molecule has 0 bridgehead atoms. The molecule has 0 aliphatic heterocycles. The van der Waals surface area contributed by atoms with Gasteiger partial charge in [0.05, 0.1) is 5.39 Å². The number of pyridine rings is 2. The van der Waals surface area contributed by atoms with Crippen LogP contribution in [0.1, 0.15) is 0 Å². The lowest BCUT2D eigenvalue weighted by Crippen LogP contribution is -2.09. The van der Waals surface area contributed by atoms with Crippen LogP contribution in [0.25, 0.3) is 21.9 Å². The van der Waals surface area contributed by atoms with E-state index in [0.717, 1.165) is 22.2 Å². The fourth-order valence-electron chi connectivity index (χ4n) is 2.85. The molecule has 0 saturated heterocycles. The molecule has 0 radical (unpaired) electrons. The predicted octanol–water partition coefficient (Wildman–Crippen LogP) is 3.92. The molecule has 0 atom stereocenters. The van der Waals surface area contributed by atoms with Gasteiger partial charge in [0.1, 0.15) is 5.82 Å². The second-order valence-electron chi connectivity index (χ2n) is 5.73. The Labute approximate surface area is 144 Å². The van der Waals surface area contributed by atoms with Crippen LogP contribution in [-0.2, 0) is 0 Å². The molecule has 4 aromatic rings. The van der Waals surface area contributed by atoms with Gasteiger partial charge in [0, 0.05) is 34.7 Å². The summed E-state index contributed by atoms with van der Waals surface area (Å²) in [6.07, 6.45) is 3.43. The number of rotatable bonds is 3. The van der Waals surface area contributed by atoms with Crippen LogP contribution in [0, 0.1) is 0 Å². The summed E-state index contributed by atoms with van der Waals surface area (Å²) < 4.78 is 0. The molecule has 4 N–H and O–H groups in total. The first-order valence-electron chi connectivity index (χ1n) is 7.91. The molecule has 0 aliphatic carbocycles. The second kappa shape index (κ2) is 6.13. The van der Waals surface area contributed by atoms with Crippen molar-refractivity contribution < 1.29 is 0 Å². The van der Waals surface area contributed by atoms with E-state index >= 15 is 0 Å². The molecule has 4 rings (SSSR count). The van der Waals surface area contributed by atoms with Crippen LogP contribution < -0.4 is 16.6 Å². The van der Waals surface area contributed by atoms with Gasteiger partial charge in [0.2, 0.25) is 0 Å². The van der Waals surface area contributed by atoms with Crippen LogP contribution in [0.5, 0.6) is 0 Å². The number of fused-ring (bicyclic) bond motifs is 1. The summed E-state index contributed by atoms with van der Waals surface area (Å²) in [5.74, 6) is 0.530. The van der Waals surface area contributed by atoms with E-state index in [1.807, 2.05) is 60.7 Å². The normalized spacial score (nSPS) is 10.7. The molecule has 0 saturated carbocycles. The van der Waals surface area contributed by atoms with Gasteiger partial charge in [0.15, 0.2) is 0 Å². The molecule has 0 unspecified atom stereocenters. The molecule has 5 nitrogen and oxygen atoms in total. The third-order valence-corrected chi connectivity index (χ3v) is 4.07. The first-order chi connectivity index (χ1) is 12.2. The Morgan fingerprint density at radius 2 is 1.72 bits per heavy atom. The Bertz CT molecular complexity index is 1090. The van der Waals surface area contributed by atoms with Crippen molar-refractivity contribution in [3.63, 3.8) is 0 Å². The largest absolute Gasteiger partial charge is 0.399 e. The molecular formula is C20H16N4O. The Kier molecular flexibility index (Phi) is 3.67. The molecule has 2 aromatic heterocycles. The minimum absolute atomic E-state index is 0.180. The van der Waals surface area contributed by atoms with E-state index < -0.39 is 0 Å². The summed E-state index contributed by atoms with van der Waals surface area (Å²) >= 11 is 0. The number of aromatic nitrogens is 2. The number of nitrogens with zero attached hydrogens (tertiary/aromatic N) is 1. The monoisotopic (exact) mass is 328 g/mol. The highest BCUT2D eigenvalue weighted by Crippen LogP contribution is 2.31. The number of aromatic amines is 1. The first-order valence-corrected chi connectivity index (χ1v) is 7.91. The van der Waals surface area contributed by atoms with E-state index in [1.54, 1.807) is 12.4 Å². The zero-order chi connectivity index (χ0) is 17.2. The van der Waals surface area contributed by atoms with Gasteiger partial charge < -0.3 is 16.0 Å². The standard InChI is InChI=1S/C20H16N4O/c21-14-8-6-13(7-9-14)17-12-23-19(24-15-4-2-1-3-5-15)18-16(17)10-11-22-20(18)25/h1-12H,21H2,(H,22,25)(H,23,24). The van der Waals surface area contributed by atoms with Gasteiger partial charge in [-0.25, -0.2) is 4.98 Å². The van der Waals surface area contributed by atoms with Crippen molar-refractivity contribution in [2.45, 2.75) is 0 Å². The zero-order valence-electron chi connectivity index (χ0n) is 13.4. The van der Waals surface area contributed by atoms with Crippen molar-refractivity contribution in [2.75, 3.05) is 11.1 Å². The van der Waals surface area contributed by atoms with Gasteiger partial charge in [-0.15, -0.1) is 0 Å². The maximum absolute atomic E-state index is 12.5. The third kappa shape index (κ3) is 2.83. The lowest BCUT2D eigenvalue weighted by atomic mass is 10.0. The Morgan fingerprint density at radius 1 is 0.960 bits per heavy atom. The lowest BCUT2D eigenvalue weighted by molar-refractivity contribution is 1.25. The van der Waals surface area contributed by atoms with E-state index in [4.69, 9.17) is 5.73 Å². The lowest BCUT2D eigenvalue weighted by Gasteiger charge is -2.12. The number of hydrogen-bond donors (Lipinski definition) is 3. The number of anilines is 3. The number of nitrogens with one attached hydrogen (secondary N) is 2. The van der Waals surface area contributed by atoms with E-state index in [2.05, 4.69) is 15.3 Å². The van der Waals surface area contributed by atoms with Crippen LogP contribution in [0.15, 0.2) is 77.9 Å². The van der Waals surface area contributed by atoms with Crippen LogP contribution in [0.4, 0.5) is 17.2 Å². The second-order valence-corrected chi connectivity index (χ2v) is 5.73. The molecule has 122 valence electrons.